The normalized spacial score (nSPS) is 19.6. The Morgan fingerprint density at radius 2 is 2.07 bits per heavy atom. The molecule has 0 N–H and O–H groups in total. The van der Waals surface area contributed by atoms with E-state index in [1.165, 1.54) is 29.9 Å². The minimum absolute atomic E-state index is 0.0332. The average Bonchev–Trinajstić information content (AvgIpc) is 3.18. The molecule has 0 aliphatic carbocycles. The second-order valence-electron chi connectivity index (χ2n) is 7.39. The van der Waals surface area contributed by atoms with Gasteiger partial charge in [-0.25, -0.2) is 27.7 Å². The summed E-state index contributed by atoms with van der Waals surface area (Å²) in [5.41, 5.74) is 0.256. The van der Waals surface area contributed by atoms with Gasteiger partial charge in [0.15, 0.2) is 5.82 Å². The smallest absolute Gasteiger partial charge is 0.280 e. The van der Waals surface area contributed by atoms with E-state index in [0.717, 1.165) is 0 Å². The molecular formula is C19H18F3IN6O. The maximum Gasteiger partial charge on any atom is 0.280 e. The molecule has 1 saturated heterocycles. The quantitative estimate of drug-likeness (QED) is 0.381. The first kappa shape index (κ1) is 20.9. The van der Waals surface area contributed by atoms with Crippen molar-refractivity contribution in [2.75, 3.05) is 13.1 Å². The average molecular weight is 530 g/mol. The number of alkyl halides is 2. The molecular weight excluding hydrogens is 512 g/mol. The van der Waals surface area contributed by atoms with Gasteiger partial charge in [-0.05, 0) is 54.0 Å². The molecule has 1 fully saturated rings. The van der Waals surface area contributed by atoms with Gasteiger partial charge in [-0.1, -0.05) is 6.92 Å². The van der Waals surface area contributed by atoms with E-state index in [0.29, 0.717) is 22.4 Å². The SMILES string of the molecule is Cc1nc(I)cc(C(=O)N2CCC(C)[C@H](c3cc(C(F)F)nc4ncnn34)C2)c1F. The predicted octanol–water partition coefficient (Wildman–Crippen LogP) is 3.77. The summed E-state index contributed by atoms with van der Waals surface area (Å²) >= 11 is 1.94. The highest BCUT2D eigenvalue weighted by Gasteiger charge is 2.34. The lowest BCUT2D eigenvalue weighted by atomic mass is 9.84. The number of nitrogens with zero attached hydrogens (tertiary/aromatic N) is 6. The predicted molar refractivity (Wildman–Crippen MR) is 110 cm³/mol. The summed E-state index contributed by atoms with van der Waals surface area (Å²) in [7, 11) is 0. The Bertz CT molecular complexity index is 1120. The Balaban J connectivity index is 1.71. The van der Waals surface area contributed by atoms with Gasteiger partial charge in [0.25, 0.3) is 18.1 Å². The molecule has 7 nitrogen and oxygen atoms in total. The first-order chi connectivity index (χ1) is 14.3. The second-order valence-corrected chi connectivity index (χ2v) is 8.50. The molecule has 0 bridgehead atoms. The maximum absolute atomic E-state index is 14.6. The van der Waals surface area contributed by atoms with Gasteiger partial charge in [0.05, 0.1) is 17.0 Å². The number of hydrogen-bond acceptors (Lipinski definition) is 5. The molecule has 4 rings (SSSR count). The lowest BCUT2D eigenvalue weighted by Crippen LogP contribution is -2.43. The third-order valence-corrected chi connectivity index (χ3v) is 6.02. The van der Waals surface area contributed by atoms with Gasteiger partial charge in [-0.3, -0.25) is 4.79 Å². The van der Waals surface area contributed by atoms with E-state index < -0.39 is 18.1 Å². The summed E-state index contributed by atoms with van der Waals surface area (Å²) in [5.74, 6) is -1.18. The zero-order chi connectivity index (χ0) is 21.6. The van der Waals surface area contributed by atoms with Gasteiger partial charge < -0.3 is 4.90 Å². The van der Waals surface area contributed by atoms with Crippen LogP contribution in [0.2, 0.25) is 0 Å². The summed E-state index contributed by atoms with van der Waals surface area (Å²) in [6.45, 7) is 4.21. The number of fused-ring (bicyclic) bond motifs is 1. The van der Waals surface area contributed by atoms with Crippen molar-refractivity contribution in [1.29, 1.82) is 0 Å². The first-order valence-electron chi connectivity index (χ1n) is 9.37. The Labute approximate surface area is 183 Å². The van der Waals surface area contributed by atoms with Gasteiger partial charge in [0.1, 0.15) is 15.7 Å². The van der Waals surface area contributed by atoms with Crippen molar-refractivity contribution in [3.63, 3.8) is 0 Å². The number of piperidine rings is 1. The largest absolute Gasteiger partial charge is 0.338 e. The molecule has 3 aromatic rings. The highest BCUT2D eigenvalue weighted by molar-refractivity contribution is 14.1. The third kappa shape index (κ3) is 3.74. The van der Waals surface area contributed by atoms with Crippen LogP contribution in [0.4, 0.5) is 13.2 Å². The number of carbonyl (C=O) groups excluding carboxylic acids is 1. The standard InChI is InChI=1S/C19H18F3IN6O/c1-9-3-4-28(18(30)11-5-15(23)26-10(2)16(11)20)7-12(9)14-6-13(17(21)22)27-19-24-8-25-29(14)19/h5-6,8-9,12,17H,3-4,7H2,1-2H3/t9?,12-/m1/s1. The molecule has 4 heterocycles. The van der Waals surface area contributed by atoms with E-state index in [4.69, 9.17) is 0 Å². The van der Waals surface area contributed by atoms with Crippen LogP contribution in [0.3, 0.4) is 0 Å². The number of pyridine rings is 1. The topological polar surface area (TPSA) is 76.3 Å². The van der Waals surface area contributed by atoms with Gasteiger partial charge in [-0.2, -0.15) is 10.1 Å². The van der Waals surface area contributed by atoms with Crippen molar-refractivity contribution in [3.8, 4) is 0 Å². The maximum atomic E-state index is 14.6. The fraction of sp³-hybridized carbons (Fsp3) is 0.421. The number of halogens is 4. The minimum Gasteiger partial charge on any atom is -0.338 e. The zero-order valence-corrected chi connectivity index (χ0v) is 18.3. The zero-order valence-electron chi connectivity index (χ0n) is 16.2. The van der Waals surface area contributed by atoms with E-state index in [-0.39, 0.29) is 41.1 Å². The van der Waals surface area contributed by atoms with Crippen molar-refractivity contribution in [1.82, 2.24) is 29.5 Å². The van der Waals surface area contributed by atoms with Crippen LogP contribution in [0.1, 0.15) is 53.1 Å². The molecule has 3 aromatic heterocycles. The van der Waals surface area contributed by atoms with E-state index in [9.17, 15) is 18.0 Å². The number of carbonyl (C=O) groups is 1. The Kier molecular flexibility index (Phi) is 5.64. The van der Waals surface area contributed by atoms with Crippen LogP contribution >= 0.6 is 22.6 Å². The van der Waals surface area contributed by atoms with Crippen LogP contribution < -0.4 is 0 Å². The fourth-order valence-corrected chi connectivity index (χ4v) is 4.49. The number of aryl methyl sites for hydroxylation is 1. The van der Waals surface area contributed by atoms with Gasteiger partial charge in [0, 0.05) is 19.0 Å². The van der Waals surface area contributed by atoms with Crippen molar-refractivity contribution in [2.45, 2.75) is 32.6 Å². The third-order valence-electron chi connectivity index (χ3n) is 5.47. The molecule has 1 aliphatic heterocycles. The van der Waals surface area contributed by atoms with E-state index >= 15 is 0 Å². The first-order valence-corrected chi connectivity index (χ1v) is 10.4. The van der Waals surface area contributed by atoms with Crippen LogP contribution in [0, 0.1) is 22.4 Å². The van der Waals surface area contributed by atoms with Crippen molar-refractivity contribution < 1.29 is 18.0 Å². The lowest BCUT2D eigenvalue weighted by Gasteiger charge is -2.37. The summed E-state index contributed by atoms with van der Waals surface area (Å²) < 4.78 is 43.2. The number of likely N-dealkylation sites (tertiary alicyclic amines) is 1. The van der Waals surface area contributed by atoms with Crippen LogP contribution in [-0.2, 0) is 0 Å². The minimum atomic E-state index is -2.75. The van der Waals surface area contributed by atoms with Crippen LogP contribution in [0.25, 0.3) is 5.78 Å². The lowest BCUT2D eigenvalue weighted by molar-refractivity contribution is 0.0660. The van der Waals surface area contributed by atoms with Crippen molar-refractivity contribution >= 4 is 34.3 Å². The molecule has 1 aliphatic rings. The fourth-order valence-electron chi connectivity index (χ4n) is 3.81. The molecule has 30 heavy (non-hydrogen) atoms. The molecule has 0 aromatic carbocycles. The molecule has 1 unspecified atom stereocenters. The summed E-state index contributed by atoms with van der Waals surface area (Å²) in [4.78, 5) is 26.5. The van der Waals surface area contributed by atoms with E-state index in [1.807, 2.05) is 29.5 Å². The molecule has 1 amide bonds. The Morgan fingerprint density at radius 1 is 1.30 bits per heavy atom. The molecule has 0 saturated carbocycles. The number of hydrogen-bond donors (Lipinski definition) is 0. The highest BCUT2D eigenvalue weighted by Crippen LogP contribution is 2.34. The second kappa shape index (κ2) is 8.08. The Hall–Kier alpha value is -2.31. The van der Waals surface area contributed by atoms with Crippen molar-refractivity contribution in [2.24, 2.45) is 5.92 Å². The van der Waals surface area contributed by atoms with E-state index in [2.05, 4.69) is 20.1 Å². The molecule has 2 atom stereocenters. The molecule has 0 radical (unpaired) electrons. The van der Waals surface area contributed by atoms with E-state index in [1.54, 1.807) is 4.90 Å². The number of rotatable bonds is 3. The van der Waals surface area contributed by atoms with Crippen molar-refractivity contribution in [3.05, 3.63) is 50.6 Å². The molecule has 158 valence electrons. The van der Waals surface area contributed by atoms with Gasteiger partial charge >= 0.3 is 0 Å². The van der Waals surface area contributed by atoms with Crippen LogP contribution in [-0.4, -0.2) is 48.5 Å². The monoisotopic (exact) mass is 530 g/mol. The summed E-state index contributed by atoms with van der Waals surface area (Å²) in [5, 5.41) is 4.12. The Morgan fingerprint density at radius 3 is 2.80 bits per heavy atom. The van der Waals surface area contributed by atoms with Gasteiger partial charge in [-0.15, -0.1) is 0 Å². The summed E-state index contributed by atoms with van der Waals surface area (Å²) in [6.07, 6.45) is -0.853. The summed E-state index contributed by atoms with van der Waals surface area (Å²) in [6, 6.07) is 2.75. The van der Waals surface area contributed by atoms with Crippen LogP contribution in [0.5, 0.6) is 0 Å². The highest BCUT2D eigenvalue weighted by atomic mass is 127. The van der Waals surface area contributed by atoms with Gasteiger partial charge in [0.2, 0.25) is 0 Å². The van der Waals surface area contributed by atoms with Crippen LogP contribution in [0.15, 0.2) is 18.5 Å². The molecule has 11 heteroatoms. The molecule has 0 spiro atoms. The number of amides is 1. The number of aromatic nitrogens is 5.